The molecule has 6 heteroatoms. The van der Waals surface area contributed by atoms with Gasteiger partial charge in [0, 0.05) is 26.9 Å². The Kier molecular flexibility index (Phi) is 7.48. The molecule has 2 aromatic heterocycles. The van der Waals surface area contributed by atoms with Crippen LogP contribution in [0, 0.1) is 0 Å². The second kappa shape index (κ2) is 10.3. The van der Waals surface area contributed by atoms with Crippen molar-refractivity contribution >= 4 is 42.8 Å². The van der Waals surface area contributed by atoms with Gasteiger partial charge in [0.15, 0.2) is 0 Å². The van der Waals surface area contributed by atoms with Gasteiger partial charge in [-0.25, -0.2) is 0 Å². The molecule has 0 amide bonds. The van der Waals surface area contributed by atoms with Crippen LogP contribution in [0.3, 0.4) is 0 Å². The van der Waals surface area contributed by atoms with E-state index in [1.165, 1.54) is 10.1 Å². The van der Waals surface area contributed by atoms with E-state index in [9.17, 15) is 5.11 Å². The Hall–Kier alpha value is -1.96. The highest BCUT2D eigenvalue weighted by molar-refractivity contribution is 7.17. The number of benzene rings is 2. The molecule has 32 heavy (non-hydrogen) atoms. The third-order valence-corrected chi connectivity index (χ3v) is 7.88. The number of ether oxygens (including phenoxy) is 1. The topological polar surface area (TPSA) is 53.5 Å². The standard InChI is InChI=1S/C26H32N2O2S2/c1-5-21(27-4)25(29)19-13-22(20-10-12-32-24(20)15-19)30-26(16(3)28-6-2)18-8-7-17-9-11-31-23(17)14-18/h7-16,21,25-29H,5-6H2,1-4H3. The van der Waals surface area contributed by atoms with Crippen molar-refractivity contribution in [3.05, 3.63) is 64.4 Å². The molecule has 0 spiro atoms. The minimum absolute atomic E-state index is 0.00187. The number of nitrogens with one attached hydrogen (secondary N) is 2. The largest absolute Gasteiger partial charge is 0.483 e. The zero-order valence-corrected chi connectivity index (χ0v) is 20.7. The molecule has 170 valence electrons. The van der Waals surface area contributed by atoms with Gasteiger partial charge in [0.2, 0.25) is 0 Å². The quantitative estimate of drug-likeness (QED) is 0.257. The van der Waals surface area contributed by atoms with Crippen LogP contribution in [0.1, 0.15) is 50.5 Å². The van der Waals surface area contributed by atoms with E-state index >= 15 is 0 Å². The molecule has 0 aliphatic rings. The average Bonchev–Trinajstić information content (AvgIpc) is 3.46. The third-order valence-electron chi connectivity index (χ3n) is 6.13. The van der Waals surface area contributed by atoms with Crippen LogP contribution in [0.4, 0.5) is 0 Å². The smallest absolute Gasteiger partial charge is 0.139 e. The predicted octanol–water partition coefficient (Wildman–Crippen LogP) is 6.27. The first-order valence-electron chi connectivity index (χ1n) is 11.3. The molecule has 0 aliphatic heterocycles. The Morgan fingerprint density at radius 2 is 1.72 bits per heavy atom. The van der Waals surface area contributed by atoms with Crippen molar-refractivity contribution in [1.29, 1.82) is 0 Å². The maximum Gasteiger partial charge on any atom is 0.139 e. The normalized spacial score (nSPS) is 15.7. The van der Waals surface area contributed by atoms with Crippen LogP contribution < -0.4 is 15.4 Å². The van der Waals surface area contributed by atoms with Crippen molar-refractivity contribution < 1.29 is 9.84 Å². The molecule has 0 saturated carbocycles. The van der Waals surface area contributed by atoms with E-state index in [0.717, 1.165) is 39.9 Å². The number of hydrogen-bond donors (Lipinski definition) is 3. The average molecular weight is 469 g/mol. The van der Waals surface area contributed by atoms with E-state index in [1.807, 2.05) is 13.1 Å². The van der Waals surface area contributed by atoms with Gasteiger partial charge in [0.1, 0.15) is 11.9 Å². The maximum absolute atomic E-state index is 11.0. The highest BCUT2D eigenvalue weighted by atomic mass is 32.1. The van der Waals surface area contributed by atoms with Gasteiger partial charge in [0.05, 0.1) is 6.10 Å². The van der Waals surface area contributed by atoms with E-state index < -0.39 is 6.10 Å². The number of thiophene rings is 2. The second-order valence-corrected chi connectivity index (χ2v) is 10.1. The zero-order chi connectivity index (χ0) is 22.7. The summed E-state index contributed by atoms with van der Waals surface area (Å²) in [6.45, 7) is 7.24. The second-order valence-electron chi connectivity index (χ2n) is 8.20. The molecule has 4 atom stereocenters. The number of likely N-dealkylation sites (N-methyl/N-ethyl adjacent to an activating group) is 2. The molecule has 4 aromatic rings. The SMILES string of the molecule is CCNC(C)C(Oc1cc(C(O)C(CC)NC)cc2sccc12)c1ccc2ccsc2c1. The first-order chi connectivity index (χ1) is 15.5. The van der Waals surface area contributed by atoms with E-state index in [4.69, 9.17) is 4.74 Å². The van der Waals surface area contributed by atoms with Crippen molar-refractivity contribution in [2.24, 2.45) is 0 Å². The van der Waals surface area contributed by atoms with Crippen LogP contribution in [-0.2, 0) is 0 Å². The highest BCUT2D eigenvalue weighted by Gasteiger charge is 2.25. The molecular formula is C26H32N2O2S2. The van der Waals surface area contributed by atoms with Crippen LogP contribution >= 0.6 is 22.7 Å². The first-order valence-corrected chi connectivity index (χ1v) is 13.0. The fourth-order valence-corrected chi connectivity index (χ4v) is 6.01. The van der Waals surface area contributed by atoms with Gasteiger partial charge in [-0.2, -0.15) is 0 Å². The third kappa shape index (κ3) is 4.70. The van der Waals surface area contributed by atoms with Crippen LogP contribution in [0.15, 0.2) is 53.2 Å². The molecule has 4 unspecified atom stereocenters. The fourth-order valence-electron chi connectivity index (χ4n) is 4.32. The van der Waals surface area contributed by atoms with Crippen LogP contribution in [0.25, 0.3) is 20.2 Å². The molecule has 0 saturated heterocycles. The Labute approximate surface area is 198 Å². The predicted molar refractivity (Wildman–Crippen MR) is 138 cm³/mol. The van der Waals surface area contributed by atoms with Crippen molar-refractivity contribution in [3.8, 4) is 5.75 Å². The number of aliphatic hydroxyl groups excluding tert-OH is 1. The van der Waals surface area contributed by atoms with Crippen LogP contribution in [-0.4, -0.2) is 30.8 Å². The highest BCUT2D eigenvalue weighted by Crippen LogP contribution is 2.38. The number of fused-ring (bicyclic) bond motifs is 2. The monoisotopic (exact) mass is 468 g/mol. The Bertz CT molecular complexity index is 1170. The van der Waals surface area contributed by atoms with Gasteiger partial charge in [-0.05, 0) is 84.5 Å². The molecule has 4 nitrogen and oxygen atoms in total. The minimum atomic E-state index is -0.592. The molecule has 3 N–H and O–H groups in total. The summed E-state index contributed by atoms with van der Waals surface area (Å²) in [5, 5.41) is 24.4. The van der Waals surface area contributed by atoms with Crippen molar-refractivity contribution in [3.63, 3.8) is 0 Å². The summed E-state index contributed by atoms with van der Waals surface area (Å²) >= 11 is 3.43. The van der Waals surface area contributed by atoms with Gasteiger partial charge < -0.3 is 20.5 Å². The summed E-state index contributed by atoms with van der Waals surface area (Å²) < 4.78 is 9.17. The summed E-state index contributed by atoms with van der Waals surface area (Å²) in [4.78, 5) is 0. The molecule has 2 heterocycles. The lowest BCUT2D eigenvalue weighted by Gasteiger charge is -2.28. The summed E-state index contributed by atoms with van der Waals surface area (Å²) in [7, 11) is 1.90. The Morgan fingerprint density at radius 1 is 0.969 bits per heavy atom. The Morgan fingerprint density at radius 3 is 2.47 bits per heavy atom. The molecular weight excluding hydrogens is 436 g/mol. The summed E-state index contributed by atoms with van der Waals surface area (Å²) in [5.41, 5.74) is 2.05. The van der Waals surface area contributed by atoms with Gasteiger partial charge >= 0.3 is 0 Å². The van der Waals surface area contributed by atoms with Crippen molar-refractivity contribution in [2.45, 2.75) is 51.5 Å². The van der Waals surface area contributed by atoms with Gasteiger partial charge in [-0.15, -0.1) is 22.7 Å². The molecule has 0 aliphatic carbocycles. The maximum atomic E-state index is 11.0. The lowest BCUT2D eigenvalue weighted by atomic mass is 9.98. The number of hydrogen-bond acceptors (Lipinski definition) is 6. The molecule has 2 aromatic carbocycles. The molecule has 4 rings (SSSR count). The number of rotatable bonds is 10. The fraction of sp³-hybridized carbons (Fsp3) is 0.385. The van der Waals surface area contributed by atoms with E-state index in [0.29, 0.717) is 0 Å². The lowest BCUT2D eigenvalue weighted by Crippen LogP contribution is -2.35. The van der Waals surface area contributed by atoms with E-state index in [-0.39, 0.29) is 18.2 Å². The lowest BCUT2D eigenvalue weighted by molar-refractivity contribution is 0.129. The summed E-state index contributed by atoms with van der Waals surface area (Å²) in [5.74, 6) is 0.824. The van der Waals surface area contributed by atoms with Crippen molar-refractivity contribution in [1.82, 2.24) is 10.6 Å². The van der Waals surface area contributed by atoms with Crippen LogP contribution in [0.2, 0.25) is 0 Å². The first kappa shape index (κ1) is 23.2. The van der Waals surface area contributed by atoms with Gasteiger partial charge in [-0.1, -0.05) is 26.0 Å². The minimum Gasteiger partial charge on any atom is -0.483 e. The number of aliphatic hydroxyl groups is 1. The van der Waals surface area contributed by atoms with E-state index in [2.05, 4.69) is 78.6 Å². The molecule has 0 fully saturated rings. The van der Waals surface area contributed by atoms with Gasteiger partial charge in [0.25, 0.3) is 0 Å². The van der Waals surface area contributed by atoms with Gasteiger partial charge in [-0.3, -0.25) is 0 Å². The molecule has 0 bridgehead atoms. The molecule has 0 radical (unpaired) electrons. The summed E-state index contributed by atoms with van der Waals surface area (Å²) in [6.07, 6.45) is 0.103. The zero-order valence-electron chi connectivity index (χ0n) is 19.1. The van der Waals surface area contributed by atoms with Crippen molar-refractivity contribution in [2.75, 3.05) is 13.6 Å². The van der Waals surface area contributed by atoms with Crippen LogP contribution in [0.5, 0.6) is 5.75 Å². The summed E-state index contributed by atoms with van der Waals surface area (Å²) in [6, 6.07) is 15.1. The van der Waals surface area contributed by atoms with E-state index in [1.54, 1.807) is 22.7 Å². The Balaban J connectivity index is 1.75.